The molecule has 0 fully saturated rings. The van der Waals surface area contributed by atoms with Crippen molar-refractivity contribution in [1.29, 1.82) is 5.26 Å². The molecule has 0 spiro atoms. The van der Waals surface area contributed by atoms with Gasteiger partial charge < -0.3 is 5.32 Å². The summed E-state index contributed by atoms with van der Waals surface area (Å²) >= 11 is 3.34. The van der Waals surface area contributed by atoms with Crippen molar-refractivity contribution in [3.8, 4) is 6.07 Å². The van der Waals surface area contributed by atoms with Crippen LogP contribution in [-0.4, -0.2) is 17.3 Å². The van der Waals surface area contributed by atoms with Crippen LogP contribution in [0.15, 0.2) is 24.3 Å². The maximum atomic E-state index is 11.8. The van der Waals surface area contributed by atoms with E-state index in [1.54, 1.807) is 24.3 Å². The Morgan fingerprint density at radius 2 is 2.12 bits per heavy atom. The van der Waals surface area contributed by atoms with Crippen molar-refractivity contribution in [2.75, 3.05) is 5.33 Å². The second-order valence-electron chi connectivity index (χ2n) is 3.42. The van der Waals surface area contributed by atoms with Gasteiger partial charge in [-0.05, 0) is 30.7 Å². The van der Waals surface area contributed by atoms with Gasteiger partial charge in [-0.25, -0.2) is 0 Å². The molecular weight excluding hydrogens is 268 g/mol. The average molecular weight is 281 g/mol. The van der Waals surface area contributed by atoms with E-state index in [2.05, 4.69) is 21.2 Å². The van der Waals surface area contributed by atoms with Crippen molar-refractivity contribution >= 4 is 21.8 Å². The van der Waals surface area contributed by atoms with Gasteiger partial charge in [0.15, 0.2) is 0 Å². The van der Waals surface area contributed by atoms with Crippen molar-refractivity contribution < 1.29 is 4.79 Å². The summed E-state index contributed by atoms with van der Waals surface area (Å²) in [5.41, 5.74) is 1.14. The molecule has 1 aromatic rings. The molecule has 84 valence electrons. The zero-order chi connectivity index (χ0) is 12.0. The number of nitrogens with one attached hydrogen (secondary N) is 1. The SMILES string of the molecule is CCC(CBr)NC(=O)c1ccc(C#N)cc1. The molecule has 3 nitrogen and oxygen atoms in total. The molecule has 1 unspecified atom stereocenters. The number of hydrogen-bond acceptors (Lipinski definition) is 2. The lowest BCUT2D eigenvalue weighted by Gasteiger charge is -2.13. The summed E-state index contributed by atoms with van der Waals surface area (Å²) in [5.74, 6) is -0.101. The van der Waals surface area contributed by atoms with Gasteiger partial charge in [-0.15, -0.1) is 0 Å². The fourth-order valence-corrected chi connectivity index (χ4v) is 1.83. The van der Waals surface area contributed by atoms with Crippen molar-refractivity contribution in [2.45, 2.75) is 19.4 Å². The van der Waals surface area contributed by atoms with Crippen LogP contribution >= 0.6 is 15.9 Å². The molecule has 0 saturated heterocycles. The van der Waals surface area contributed by atoms with Gasteiger partial charge in [-0.2, -0.15) is 5.26 Å². The van der Waals surface area contributed by atoms with E-state index in [4.69, 9.17) is 5.26 Å². The fourth-order valence-electron chi connectivity index (χ4n) is 1.21. The third-order valence-electron chi connectivity index (χ3n) is 2.29. The molecule has 1 N–H and O–H groups in total. The molecule has 1 amide bonds. The second-order valence-corrected chi connectivity index (χ2v) is 4.07. The Balaban J connectivity index is 2.70. The highest BCUT2D eigenvalue weighted by Gasteiger charge is 2.10. The predicted molar refractivity (Wildman–Crippen MR) is 66.5 cm³/mol. The van der Waals surface area contributed by atoms with Gasteiger partial charge in [-0.1, -0.05) is 22.9 Å². The Morgan fingerprint density at radius 1 is 1.50 bits per heavy atom. The molecule has 0 radical (unpaired) electrons. The summed E-state index contributed by atoms with van der Waals surface area (Å²) in [5, 5.41) is 12.3. The molecule has 0 bridgehead atoms. The summed E-state index contributed by atoms with van der Waals surface area (Å²) in [7, 11) is 0. The zero-order valence-electron chi connectivity index (χ0n) is 9.03. The number of alkyl halides is 1. The second kappa shape index (κ2) is 6.29. The lowest BCUT2D eigenvalue weighted by Crippen LogP contribution is -2.35. The number of carbonyl (C=O) groups is 1. The van der Waals surface area contributed by atoms with Crippen molar-refractivity contribution in [1.82, 2.24) is 5.32 Å². The molecule has 16 heavy (non-hydrogen) atoms. The van der Waals surface area contributed by atoms with E-state index in [0.29, 0.717) is 11.1 Å². The predicted octanol–water partition coefficient (Wildman–Crippen LogP) is 2.46. The van der Waals surface area contributed by atoms with Gasteiger partial charge in [0.25, 0.3) is 5.91 Å². The molecule has 1 atom stereocenters. The number of benzene rings is 1. The monoisotopic (exact) mass is 280 g/mol. The number of carbonyl (C=O) groups excluding carboxylic acids is 1. The molecular formula is C12H13BrN2O. The van der Waals surface area contributed by atoms with Crippen LogP contribution in [0.1, 0.15) is 29.3 Å². The number of rotatable bonds is 4. The smallest absolute Gasteiger partial charge is 0.251 e. The first-order valence-electron chi connectivity index (χ1n) is 5.08. The van der Waals surface area contributed by atoms with Crippen molar-refractivity contribution in [2.24, 2.45) is 0 Å². The Hall–Kier alpha value is -1.34. The molecule has 1 aromatic carbocycles. The molecule has 0 aliphatic rings. The molecule has 0 aliphatic carbocycles. The first-order valence-corrected chi connectivity index (χ1v) is 6.20. The highest BCUT2D eigenvalue weighted by molar-refractivity contribution is 9.09. The third-order valence-corrected chi connectivity index (χ3v) is 3.07. The van der Waals surface area contributed by atoms with Gasteiger partial charge in [0.2, 0.25) is 0 Å². The lowest BCUT2D eigenvalue weighted by molar-refractivity contribution is 0.0940. The van der Waals surface area contributed by atoms with Gasteiger partial charge in [0, 0.05) is 16.9 Å². The van der Waals surface area contributed by atoms with Crippen molar-refractivity contribution in [3.05, 3.63) is 35.4 Å². The summed E-state index contributed by atoms with van der Waals surface area (Å²) in [6.45, 7) is 2.02. The van der Waals surface area contributed by atoms with Gasteiger partial charge in [0.05, 0.1) is 11.6 Å². The highest BCUT2D eigenvalue weighted by atomic mass is 79.9. The molecule has 0 saturated carbocycles. The minimum Gasteiger partial charge on any atom is -0.348 e. The fraction of sp³-hybridized carbons (Fsp3) is 0.333. The molecule has 4 heteroatoms. The quantitative estimate of drug-likeness (QED) is 0.862. The normalized spacial score (nSPS) is 11.6. The maximum Gasteiger partial charge on any atom is 0.251 e. The van der Waals surface area contributed by atoms with Gasteiger partial charge in [0.1, 0.15) is 0 Å². The first-order chi connectivity index (χ1) is 7.71. The Kier molecular flexibility index (Phi) is 5.00. The van der Waals surface area contributed by atoms with Crippen molar-refractivity contribution in [3.63, 3.8) is 0 Å². The largest absolute Gasteiger partial charge is 0.348 e. The molecule has 0 aromatic heterocycles. The van der Waals surface area contributed by atoms with Crippen LogP contribution in [-0.2, 0) is 0 Å². The average Bonchev–Trinajstić information content (AvgIpc) is 2.35. The van der Waals surface area contributed by atoms with E-state index in [1.165, 1.54) is 0 Å². The number of hydrogen-bond donors (Lipinski definition) is 1. The number of nitriles is 1. The van der Waals surface area contributed by atoms with Gasteiger partial charge in [-0.3, -0.25) is 4.79 Å². The molecule has 0 heterocycles. The summed E-state index contributed by atoms with van der Waals surface area (Å²) in [4.78, 5) is 11.8. The van der Waals surface area contributed by atoms with Crippen LogP contribution in [0.4, 0.5) is 0 Å². The minimum absolute atomic E-state index is 0.101. The van der Waals surface area contributed by atoms with Crippen LogP contribution in [0.3, 0.4) is 0 Å². The first kappa shape index (κ1) is 12.7. The summed E-state index contributed by atoms with van der Waals surface area (Å²) in [6.07, 6.45) is 0.882. The van der Waals surface area contributed by atoms with E-state index in [-0.39, 0.29) is 11.9 Å². The van der Waals surface area contributed by atoms with E-state index >= 15 is 0 Å². The van der Waals surface area contributed by atoms with E-state index in [9.17, 15) is 4.79 Å². The molecule has 0 aliphatic heterocycles. The molecule has 1 rings (SSSR count). The van der Waals surface area contributed by atoms with Crippen LogP contribution < -0.4 is 5.32 Å². The van der Waals surface area contributed by atoms with Crippen LogP contribution in [0.2, 0.25) is 0 Å². The number of halogens is 1. The van der Waals surface area contributed by atoms with Crippen LogP contribution in [0, 0.1) is 11.3 Å². The summed E-state index contributed by atoms with van der Waals surface area (Å²) in [6, 6.07) is 8.77. The number of nitrogens with zero attached hydrogens (tertiary/aromatic N) is 1. The van der Waals surface area contributed by atoms with E-state index < -0.39 is 0 Å². The lowest BCUT2D eigenvalue weighted by atomic mass is 10.1. The van der Waals surface area contributed by atoms with E-state index in [1.807, 2.05) is 13.0 Å². The topological polar surface area (TPSA) is 52.9 Å². The van der Waals surface area contributed by atoms with E-state index in [0.717, 1.165) is 11.8 Å². The zero-order valence-corrected chi connectivity index (χ0v) is 10.6. The minimum atomic E-state index is -0.101. The maximum absolute atomic E-state index is 11.8. The highest BCUT2D eigenvalue weighted by Crippen LogP contribution is 2.05. The Morgan fingerprint density at radius 3 is 2.56 bits per heavy atom. The number of amides is 1. The Labute approximate surface area is 104 Å². The Bertz CT molecular complexity index is 390. The van der Waals surface area contributed by atoms with Crippen LogP contribution in [0.5, 0.6) is 0 Å². The third kappa shape index (κ3) is 3.35. The van der Waals surface area contributed by atoms with Crippen LogP contribution in [0.25, 0.3) is 0 Å². The standard InChI is InChI=1S/C12H13BrN2O/c1-2-11(7-13)15-12(16)10-5-3-9(8-14)4-6-10/h3-6,11H,2,7H2,1H3,(H,15,16). The summed E-state index contributed by atoms with van der Waals surface area (Å²) < 4.78 is 0. The van der Waals surface area contributed by atoms with Gasteiger partial charge >= 0.3 is 0 Å².